The monoisotopic (exact) mass is 424 g/mol. The van der Waals surface area contributed by atoms with Gasteiger partial charge in [-0.05, 0) is 56.0 Å². The Morgan fingerprint density at radius 2 is 2.03 bits per heavy atom. The summed E-state index contributed by atoms with van der Waals surface area (Å²) in [4.78, 5) is 19.3. The van der Waals surface area contributed by atoms with E-state index in [9.17, 15) is 4.79 Å². The Morgan fingerprint density at radius 3 is 2.73 bits per heavy atom. The van der Waals surface area contributed by atoms with Crippen LogP contribution in [0.25, 0.3) is 16.7 Å². The van der Waals surface area contributed by atoms with Gasteiger partial charge in [0.2, 0.25) is 11.9 Å². The highest BCUT2D eigenvalue weighted by molar-refractivity contribution is 6.32. The molecule has 1 fully saturated rings. The SMILES string of the molecule is CCCCC1CC(C(N)=O)CCN1c1nc2cc(C)c(Cl)cc2n1-c1ccccc1. The predicted molar refractivity (Wildman–Crippen MR) is 123 cm³/mol. The summed E-state index contributed by atoms with van der Waals surface area (Å²) < 4.78 is 2.20. The van der Waals surface area contributed by atoms with Crippen LogP contribution >= 0.6 is 11.6 Å². The zero-order chi connectivity index (χ0) is 21.3. The lowest BCUT2D eigenvalue weighted by atomic mass is 9.88. The van der Waals surface area contributed by atoms with Crippen LogP contribution in [0.5, 0.6) is 0 Å². The number of primary amides is 1. The van der Waals surface area contributed by atoms with Gasteiger partial charge < -0.3 is 10.6 Å². The van der Waals surface area contributed by atoms with Crippen LogP contribution in [0.2, 0.25) is 5.02 Å². The Kier molecular flexibility index (Phi) is 6.00. The first-order valence-corrected chi connectivity index (χ1v) is 11.2. The predicted octanol–water partition coefficient (Wildman–Crippen LogP) is 5.25. The summed E-state index contributed by atoms with van der Waals surface area (Å²) in [5.41, 5.74) is 9.67. The lowest BCUT2D eigenvalue weighted by Crippen LogP contribution is -2.46. The number of aromatic nitrogens is 2. The van der Waals surface area contributed by atoms with Gasteiger partial charge in [-0.3, -0.25) is 9.36 Å². The van der Waals surface area contributed by atoms with Crippen molar-refractivity contribution >= 4 is 34.5 Å². The van der Waals surface area contributed by atoms with Crippen LogP contribution in [0.1, 0.15) is 44.6 Å². The van der Waals surface area contributed by atoms with E-state index in [-0.39, 0.29) is 17.9 Å². The number of nitrogens with zero attached hydrogens (tertiary/aromatic N) is 3. The Hall–Kier alpha value is -2.53. The minimum absolute atomic E-state index is 0.0608. The minimum atomic E-state index is -0.185. The molecule has 2 atom stereocenters. The quantitative estimate of drug-likeness (QED) is 0.587. The van der Waals surface area contributed by atoms with Crippen molar-refractivity contribution in [3.8, 4) is 5.69 Å². The molecule has 1 saturated heterocycles. The maximum Gasteiger partial charge on any atom is 0.220 e. The number of nitrogens with two attached hydrogens (primary N) is 1. The van der Waals surface area contributed by atoms with Crippen LogP contribution < -0.4 is 10.6 Å². The number of hydrogen-bond donors (Lipinski definition) is 1. The molecular formula is C24H29ClN4O. The van der Waals surface area contributed by atoms with E-state index in [1.165, 1.54) is 0 Å². The third-order valence-electron chi connectivity index (χ3n) is 6.20. The molecule has 1 aliphatic rings. The van der Waals surface area contributed by atoms with E-state index in [2.05, 4.69) is 34.6 Å². The molecule has 0 saturated carbocycles. The number of carbonyl (C=O) groups excluding carboxylic acids is 1. The van der Waals surface area contributed by atoms with Gasteiger partial charge in [0.1, 0.15) is 0 Å². The molecule has 3 aromatic rings. The summed E-state index contributed by atoms with van der Waals surface area (Å²) in [6.45, 7) is 4.97. The van der Waals surface area contributed by atoms with Gasteiger partial charge in [0.25, 0.3) is 0 Å². The highest BCUT2D eigenvalue weighted by atomic mass is 35.5. The van der Waals surface area contributed by atoms with Crippen LogP contribution in [0.15, 0.2) is 42.5 Å². The van der Waals surface area contributed by atoms with Crippen LogP contribution in [0, 0.1) is 12.8 Å². The van der Waals surface area contributed by atoms with E-state index in [0.29, 0.717) is 0 Å². The number of aryl methyl sites for hydroxylation is 1. The van der Waals surface area contributed by atoms with Gasteiger partial charge in [-0.15, -0.1) is 0 Å². The van der Waals surface area contributed by atoms with Crippen LogP contribution in [0.3, 0.4) is 0 Å². The molecule has 0 bridgehead atoms. The van der Waals surface area contributed by atoms with Crippen molar-refractivity contribution in [2.75, 3.05) is 11.4 Å². The fourth-order valence-corrected chi connectivity index (χ4v) is 4.66. The van der Waals surface area contributed by atoms with E-state index in [1.807, 2.05) is 31.2 Å². The van der Waals surface area contributed by atoms with Crippen molar-refractivity contribution in [3.05, 3.63) is 53.1 Å². The molecule has 0 radical (unpaired) electrons. The Morgan fingerprint density at radius 1 is 1.27 bits per heavy atom. The molecule has 1 aliphatic heterocycles. The van der Waals surface area contributed by atoms with E-state index in [0.717, 1.165) is 71.9 Å². The number of benzene rings is 2. The topological polar surface area (TPSA) is 64.2 Å². The molecule has 0 aliphatic carbocycles. The fourth-order valence-electron chi connectivity index (χ4n) is 4.50. The van der Waals surface area contributed by atoms with Gasteiger partial charge >= 0.3 is 0 Å². The number of anilines is 1. The number of amides is 1. The van der Waals surface area contributed by atoms with E-state index in [1.54, 1.807) is 0 Å². The minimum Gasteiger partial charge on any atom is -0.369 e. The molecule has 158 valence electrons. The zero-order valence-corrected chi connectivity index (χ0v) is 18.4. The fraction of sp³-hybridized carbons (Fsp3) is 0.417. The largest absolute Gasteiger partial charge is 0.369 e. The highest BCUT2D eigenvalue weighted by Gasteiger charge is 2.33. The molecule has 5 nitrogen and oxygen atoms in total. The van der Waals surface area contributed by atoms with Crippen LogP contribution in [0.4, 0.5) is 5.95 Å². The number of fused-ring (bicyclic) bond motifs is 1. The number of carbonyl (C=O) groups is 1. The first kappa shape index (κ1) is 20.7. The van der Waals surface area contributed by atoms with Crippen molar-refractivity contribution in [2.24, 2.45) is 11.7 Å². The third-order valence-corrected chi connectivity index (χ3v) is 6.60. The standard InChI is InChI=1S/C24H29ClN4O/c1-3-4-8-19-14-17(23(26)30)11-12-28(19)24-27-21-13-16(2)20(25)15-22(21)29(24)18-9-6-5-7-10-18/h5-7,9-10,13,15,17,19H,3-4,8,11-12,14H2,1-2H3,(H2,26,30). The van der Waals surface area contributed by atoms with Crippen LogP contribution in [-0.2, 0) is 4.79 Å². The number of imidazole rings is 1. The van der Waals surface area contributed by atoms with Gasteiger partial charge in [0, 0.05) is 29.2 Å². The number of rotatable bonds is 6. The van der Waals surface area contributed by atoms with Gasteiger partial charge in [-0.25, -0.2) is 4.98 Å². The number of piperidine rings is 1. The third kappa shape index (κ3) is 3.91. The van der Waals surface area contributed by atoms with Crippen molar-refractivity contribution < 1.29 is 4.79 Å². The first-order chi connectivity index (χ1) is 14.5. The summed E-state index contributed by atoms with van der Waals surface area (Å²) in [5.74, 6) is 0.673. The van der Waals surface area contributed by atoms with Gasteiger partial charge in [0.15, 0.2) is 0 Å². The van der Waals surface area contributed by atoms with Gasteiger partial charge in [-0.1, -0.05) is 49.6 Å². The molecule has 2 unspecified atom stereocenters. The van der Waals surface area contributed by atoms with E-state index in [4.69, 9.17) is 22.3 Å². The summed E-state index contributed by atoms with van der Waals surface area (Å²) in [6.07, 6.45) is 4.81. The second kappa shape index (κ2) is 8.68. The molecule has 6 heteroatoms. The molecule has 30 heavy (non-hydrogen) atoms. The highest BCUT2D eigenvalue weighted by Crippen LogP contribution is 2.35. The second-order valence-electron chi connectivity index (χ2n) is 8.29. The number of unbranched alkanes of at least 4 members (excludes halogenated alkanes) is 1. The maximum atomic E-state index is 11.9. The Bertz CT molecular complexity index is 1050. The average Bonchev–Trinajstić information content (AvgIpc) is 3.10. The normalized spacial score (nSPS) is 19.4. The first-order valence-electron chi connectivity index (χ1n) is 10.8. The van der Waals surface area contributed by atoms with Gasteiger partial charge in [0.05, 0.1) is 11.0 Å². The molecule has 2 N–H and O–H groups in total. The molecule has 4 rings (SSSR count). The molecule has 2 aromatic carbocycles. The van der Waals surface area contributed by atoms with Crippen molar-refractivity contribution in [1.82, 2.24) is 9.55 Å². The number of halogens is 1. The van der Waals surface area contributed by atoms with Gasteiger partial charge in [-0.2, -0.15) is 0 Å². The second-order valence-corrected chi connectivity index (χ2v) is 8.69. The Balaban J connectivity index is 1.85. The smallest absolute Gasteiger partial charge is 0.220 e. The van der Waals surface area contributed by atoms with E-state index >= 15 is 0 Å². The van der Waals surface area contributed by atoms with Crippen LogP contribution in [-0.4, -0.2) is 28.0 Å². The average molecular weight is 425 g/mol. The summed E-state index contributed by atoms with van der Waals surface area (Å²) >= 11 is 6.49. The summed E-state index contributed by atoms with van der Waals surface area (Å²) in [5, 5.41) is 0.737. The molecule has 0 spiro atoms. The number of hydrogen-bond acceptors (Lipinski definition) is 3. The summed E-state index contributed by atoms with van der Waals surface area (Å²) in [7, 11) is 0. The Labute approximate surface area is 182 Å². The van der Waals surface area contributed by atoms with Crippen molar-refractivity contribution in [3.63, 3.8) is 0 Å². The lowest BCUT2D eigenvalue weighted by Gasteiger charge is -2.39. The zero-order valence-electron chi connectivity index (χ0n) is 17.6. The molecular weight excluding hydrogens is 396 g/mol. The lowest BCUT2D eigenvalue weighted by molar-refractivity contribution is -0.122. The number of para-hydroxylation sites is 1. The molecule has 1 amide bonds. The molecule has 2 heterocycles. The summed E-state index contributed by atoms with van der Waals surface area (Å²) in [6, 6.07) is 14.6. The van der Waals surface area contributed by atoms with Crippen molar-refractivity contribution in [2.45, 2.75) is 52.0 Å². The maximum absolute atomic E-state index is 11.9. The van der Waals surface area contributed by atoms with Crippen molar-refractivity contribution in [1.29, 1.82) is 0 Å². The molecule has 1 aromatic heterocycles. The van der Waals surface area contributed by atoms with E-state index < -0.39 is 0 Å².